The van der Waals surface area contributed by atoms with Crippen molar-refractivity contribution in [2.45, 2.75) is 26.9 Å². The lowest BCUT2D eigenvalue weighted by Gasteiger charge is -2.31. The molecule has 0 saturated carbocycles. The van der Waals surface area contributed by atoms with Crippen LogP contribution in [-0.4, -0.2) is 42.5 Å². The van der Waals surface area contributed by atoms with Crippen LogP contribution < -0.4 is 0 Å². The third kappa shape index (κ3) is 3.82. The van der Waals surface area contributed by atoms with Gasteiger partial charge in [0.25, 0.3) is 0 Å². The lowest BCUT2D eigenvalue weighted by atomic mass is 9.74. The molecule has 1 aromatic rings. The van der Waals surface area contributed by atoms with Gasteiger partial charge in [-0.2, -0.15) is 0 Å². The summed E-state index contributed by atoms with van der Waals surface area (Å²) in [6.45, 7) is 5.40. The Kier molecular flexibility index (Phi) is 6.15. The molecule has 2 aliphatic rings. The molecule has 1 heterocycles. The molecule has 0 saturated heterocycles. The summed E-state index contributed by atoms with van der Waals surface area (Å²) in [4.78, 5) is 50.5. The third-order valence-corrected chi connectivity index (χ3v) is 5.57. The summed E-state index contributed by atoms with van der Waals surface area (Å²) in [6.07, 6.45) is 0.224. The normalized spacial score (nSPS) is 22.1. The first-order chi connectivity index (χ1) is 13.8. The van der Waals surface area contributed by atoms with E-state index in [4.69, 9.17) is 21.1 Å². The van der Waals surface area contributed by atoms with Crippen molar-refractivity contribution in [2.75, 3.05) is 13.2 Å². The summed E-state index contributed by atoms with van der Waals surface area (Å²) in [7, 11) is 0. The molecule has 29 heavy (non-hydrogen) atoms. The first-order valence-electron chi connectivity index (χ1n) is 9.31. The molecule has 1 aliphatic heterocycles. The van der Waals surface area contributed by atoms with Gasteiger partial charge in [0.15, 0.2) is 5.78 Å². The van der Waals surface area contributed by atoms with E-state index in [9.17, 15) is 19.2 Å². The topological polar surface area (TPSA) is 86.7 Å². The van der Waals surface area contributed by atoms with Gasteiger partial charge >= 0.3 is 0 Å². The second kappa shape index (κ2) is 8.43. The van der Waals surface area contributed by atoms with Gasteiger partial charge in [-0.05, 0) is 20.8 Å². The fraction of sp³-hybridized carbons (Fsp3) is 0.364. The molecule has 0 amide bonds. The SMILES string of the molecule is CCOCC(C(C)=O)C1=C(Cl)C(=O)C(=O)C2C(C(=O)c3ccc(C)cc3)=COC12. The zero-order valence-corrected chi connectivity index (χ0v) is 17.1. The van der Waals surface area contributed by atoms with Crippen molar-refractivity contribution in [3.8, 4) is 0 Å². The van der Waals surface area contributed by atoms with E-state index in [2.05, 4.69) is 0 Å². The monoisotopic (exact) mass is 416 g/mol. The average Bonchev–Trinajstić information content (AvgIpc) is 3.13. The fourth-order valence-corrected chi connectivity index (χ4v) is 3.91. The van der Waals surface area contributed by atoms with E-state index in [1.807, 2.05) is 6.92 Å². The Morgan fingerprint density at radius 1 is 1.21 bits per heavy atom. The highest BCUT2D eigenvalue weighted by Crippen LogP contribution is 2.42. The van der Waals surface area contributed by atoms with E-state index < -0.39 is 35.3 Å². The van der Waals surface area contributed by atoms with Gasteiger partial charge < -0.3 is 9.47 Å². The summed E-state index contributed by atoms with van der Waals surface area (Å²) < 4.78 is 11.0. The number of hydrogen-bond acceptors (Lipinski definition) is 6. The number of ketones is 4. The minimum atomic E-state index is -1.13. The number of carbonyl (C=O) groups is 4. The molecule has 0 bridgehead atoms. The van der Waals surface area contributed by atoms with Crippen molar-refractivity contribution in [2.24, 2.45) is 11.8 Å². The van der Waals surface area contributed by atoms with E-state index >= 15 is 0 Å². The van der Waals surface area contributed by atoms with Gasteiger partial charge in [0.05, 0.1) is 29.7 Å². The summed E-state index contributed by atoms with van der Waals surface area (Å²) >= 11 is 6.19. The molecular weight excluding hydrogens is 396 g/mol. The van der Waals surface area contributed by atoms with Gasteiger partial charge in [-0.1, -0.05) is 41.4 Å². The predicted octanol–water partition coefficient (Wildman–Crippen LogP) is 2.96. The minimum absolute atomic E-state index is 0.00663. The standard InChI is InChI=1S/C22H21ClO6/c1-4-28-9-14(12(3)24)16-18(23)21(27)20(26)17-15(10-29-22(16)17)19(25)13-7-5-11(2)6-8-13/h5-8,10,14,17,22H,4,9H2,1-3H3. The highest BCUT2D eigenvalue weighted by molar-refractivity contribution is 6.60. The van der Waals surface area contributed by atoms with E-state index in [-0.39, 0.29) is 28.6 Å². The van der Waals surface area contributed by atoms with Crippen LogP contribution in [0.1, 0.15) is 29.8 Å². The summed E-state index contributed by atoms with van der Waals surface area (Å²) in [6, 6.07) is 6.87. The molecule has 152 valence electrons. The maximum atomic E-state index is 13.0. The molecular formula is C22H21ClO6. The molecule has 3 atom stereocenters. The van der Waals surface area contributed by atoms with Gasteiger partial charge in [0, 0.05) is 23.3 Å². The molecule has 0 spiro atoms. The van der Waals surface area contributed by atoms with Crippen LogP contribution >= 0.6 is 11.6 Å². The Bertz CT molecular complexity index is 941. The first-order valence-corrected chi connectivity index (χ1v) is 9.68. The van der Waals surface area contributed by atoms with Crippen LogP contribution in [0.5, 0.6) is 0 Å². The highest BCUT2D eigenvalue weighted by Gasteiger charge is 2.52. The zero-order valence-electron chi connectivity index (χ0n) is 16.4. The maximum Gasteiger partial charge on any atom is 0.240 e. The number of allylic oxidation sites excluding steroid dienone is 1. The highest BCUT2D eigenvalue weighted by atomic mass is 35.5. The number of carbonyl (C=O) groups excluding carboxylic acids is 4. The number of aryl methyl sites for hydroxylation is 1. The van der Waals surface area contributed by atoms with Crippen molar-refractivity contribution in [3.63, 3.8) is 0 Å². The summed E-state index contributed by atoms with van der Waals surface area (Å²) in [5.74, 6) is -4.37. The Hall–Kier alpha value is -2.57. The van der Waals surface area contributed by atoms with Crippen molar-refractivity contribution < 1.29 is 28.7 Å². The van der Waals surface area contributed by atoms with Crippen LogP contribution in [0.3, 0.4) is 0 Å². The van der Waals surface area contributed by atoms with Crippen molar-refractivity contribution in [1.29, 1.82) is 0 Å². The Morgan fingerprint density at radius 2 is 1.86 bits per heavy atom. The maximum absolute atomic E-state index is 13.0. The molecule has 7 heteroatoms. The van der Waals surface area contributed by atoms with Crippen molar-refractivity contribution >= 4 is 34.7 Å². The van der Waals surface area contributed by atoms with Crippen molar-refractivity contribution in [3.05, 3.63) is 57.8 Å². The van der Waals surface area contributed by atoms with E-state index in [1.54, 1.807) is 31.2 Å². The van der Waals surface area contributed by atoms with Crippen molar-refractivity contribution in [1.82, 2.24) is 0 Å². The van der Waals surface area contributed by atoms with Crippen LogP contribution in [0.2, 0.25) is 0 Å². The number of halogens is 1. The number of hydrogen-bond donors (Lipinski definition) is 0. The van der Waals surface area contributed by atoms with Gasteiger partial charge in [-0.15, -0.1) is 0 Å². The van der Waals surface area contributed by atoms with Gasteiger partial charge in [0.1, 0.15) is 11.9 Å². The molecule has 1 aliphatic carbocycles. The molecule has 0 fully saturated rings. The molecule has 1 aromatic carbocycles. The van der Waals surface area contributed by atoms with E-state index in [1.165, 1.54) is 13.2 Å². The summed E-state index contributed by atoms with van der Waals surface area (Å²) in [5.41, 5.74) is 1.64. The lowest BCUT2D eigenvalue weighted by molar-refractivity contribution is -0.138. The smallest absolute Gasteiger partial charge is 0.240 e. The second-order valence-corrected chi connectivity index (χ2v) is 7.47. The number of rotatable bonds is 7. The first kappa shape index (κ1) is 21.1. The molecule has 0 aromatic heterocycles. The second-order valence-electron chi connectivity index (χ2n) is 7.09. The number of benzene rings is 1. The summed E-state index contributed by atoms with van der Waals surface area (Å²) in [5, 5.41) is -0.325. The Morgan fingerprint density at radius 3 is 2.45 bits per heavy atom. The predicted molar refractivity (Wildman–Crippen MR) is 106 cm³/mol. The Balaban J connectivity index is 1.99. The molecule has 0 N–H and O–H groups in total. The van der Waals surface area contributed by atoms with Crippen LogP contribution in [0.4, 0.5) is 0 Å². The number of fused-ring (bicyclic) bond motifs is 1. The van der Waals surface area contributed by atoms with Gasteiger partial charge in [0.2, 0.25) is 11.6 Å². The average molecular weight is 417 g/mol. The lowest BCUT2D eigenvalue weighted by Crippen LogP contribution is -2.44. The number of Topliss-reactive ketones (excluding diaryl/α,β-unsaturated/α-hetero) is 4. The van der Waals surface area contributed by atoms with Crippen LogP contribution in [0.15, 0.2) is 46.7 Å². The van der Waals surface area contributed by atoms with Crippen LogP contribution in [0, 0.1) is 18.8 Å². The Labute approximate surface area is 173 Å². The van der Waals surface area contributed by atoms with Gasteiger partial charge in [-0.25, -0.2) is 0 Å². The quantitative estimate of drug-likeness (QED) is 0.501. The molecule has 6 nitrogen and oxygen atoms in total. The van der Waals surface area contributed by atoms with E-state index in [0.29, 0.717) is 12.2 Å². The molecule has 3 unspecified atom stereocenters. The molecule has 3 rings (SSSR count). The minimum Gasteiger partial charge on any atom is -0.492 e. The molecule has 0 radical (unpaired) electrons. The van der Waals surface area contributed by atoms with Crippen LogP contribution in [-0.2, 0) is 23.9 Å². The largest absolute Gasteiger partial charge is 0.492 e. The fourth-order valence-electron chi connectivity index (χ4n) is 3.58. The van der Waals surface area contributed by atoms with Crippen LogP contribution in [0.25, 0.3) is 0 Å². The van der Waals surface area contributed by atoms with E-state index in [0.717, 1.165) is 5.56 Å². The third-order valence-electron chi connectivity index (χ3n) is 5.18. The zero-order chi connectivity index (χ0) is 21.3. The number of ether oxygens (including phenoxy) is 2. The van der Waals surface area contributed by atoms with Gasteiger partial charge in [-0.3, -0.25) is 19.2 Å².